The Labute approximate surface area is 58.6 Å². The second kappa shape index (κ2) is 5.29. The third-order valence-corrected chi connectivity index (χ3v) is 1.65. The molecule has 0 rings (SSSR count). The van der Waals surface area contributed by atoms with Gasteiger partial charge in [0.25, 0.3) is 0 Å². The van der Waals surface area contributed by atoms with Gasteiger partial charge in [-0.2, -0.15) is 0 Å². The van der Waals surface area contributed by atoms with Gasteiger partial charge >= 0.3 is 0 Å². The van der Waals surface area contributed by atoms with E-state index in [1.807, 2.05) is 0 Å². The van der Waals surface area contributed by atoms with E-state index in [-0.39, 0.29) is 4.83 Å². The third kappa shape index (κ3) is 4.31. The number of aldehydes is 1. The molecule has 8 heavy (non-hydrogen) atoms. The standard InChI is InChI=1S/C6H11BrO/c1-2-3-4-6(7)5-8/h5-6H,2-4H2,1H3/t6-/m1/s1. The van der Waals surface area contributed by atoms with Crippen molar-refractivity contribution < 1.29 is 4.79 Å². The van der Waals surface area contributed by atoms with E-state index in [9.17, 15) is 4.79 Å². The van der Waals surface area contributed by atoms with Crippen LogP contribution in [0.5, 0.6) is 0 Å². The highest BCUT2D eigenvalue weighted by Crippen LogP contribution is 2.05. The summed E-state index contributed by atoms with van der Waals surface area (Å²) >= 11 is 3.21. The van der Waals surface area contributed by atoms with Gasteiger partial charge in [-0.25, -0.2) is 0 Å². The number of alkyl halides is 1. The lowest BCUT2D eigenvalue weighted by molar-refractivity contribution is -0.107. The van der Waals surface area contributed by atoms with Gasteiger partial charge in [0.1, 0.15) is 6.29 Å². The van der Waals surface area contributed by atoms with Crippen LogP contribution in [0.15, 0.2) is 0 Å². The summed E-state index contributed by atoms with van der Waals surface area (Å²) in [5.41, 5.74) is 0. The quantitative estimate of drug-likeness (QED) is 0.477. The predicted octanol–water partition coefficient (Wildman–Crippen LogP) is 2.14. The second-order valence-corrected chi connectivity index (χ2v) is 2.97. The molecule has 0 saturated heterocycles. The summed E-state index contributed by atoms with van der Waals surface area (Å²) in [4.78, 5) is 10.0. The van der Waals surface area contributed by atoms with Gasteiger partial charge < -0.3 is 4.79 Å². The molecule has 0 fully saturated rings. The monoisotopic (exact) mass is 178 g/mol. The zero-order valence-electron chi connectivity index (χ0n) is 5.06. The molecule has 0 aromatic carbocycles. The van der Waals surface area contributed by atoms with E-state index in [1.165, 1.54) is 0 Å². The SMILES string of the molecule is CCCC[C@@H](Br)C=O. The molecule has 1 atom stereocenters. The molecule has 0 unspecified atom stereocenters. The van der Waals surface area contributed by atoms with E-state index < -0.39 is 0 Å². The fraction of sp³-hybridized carbons (Fsp3) is 0.833. The molecule has 0 spiro atoms. The van der Waals surface area contributed by atoms with E-state index in [0.29, 0.717) is 0 Å². The van der Waals surface area contributed by atoms with Crippen LogP contribution in [0.3, 0.4) is 0 Å². The Balaban J connectivity index is 2.98. The molecule has 0 aliphatic rings. The van der Waals surface area contributed by atoms with Crippen LogP contribution in [0.4, 0.5) is 0 Å². The Morgan fingerprint density at radius 3 is 2.75 bits per heavy atom. The fourth-order valence-corrected chi connectivity index (χ4v) is 0.791. The zero-order chi connectivity index (χ0) is 6.41. The lowest BCUT2D eigenvalue weighted by atomic mass is 10.2. The molecule has 0 bridgehead atoms. The van der Waals surface area contributed by atoms with Crippen LogP contribution in [0.2, 0.25) is 0 Å². The van der Waals surface area contributed by atoms with Crippen LogP contribution >= 0.6 is 15.9 Å². The van der Waals surface area contributed by atoms with E-state index in [0.717, 1.165) is 25.5 Å². The van der Waals surface area contributed by atoms with Crippen LogP contribution in [0.25, 0.3) is 0 Å². The van der Waals surface area contributed by atoms with Crippen molar-refractivity contribution in [3.05, 3.63) is 0 Å². The van der Waals surface area contributed by atoms with Gasteiger partial charge in [0.05, 0.1) is 4.83 Å². The van der Waals surface area contributed by atoms with E-state index in [1.54, 1.807) is 0 Å². The molecular weight excluding hydrogens is 168 g/mol. The molecule has 0 saturated carbocycles. The van der Waals surface area contributed by atoms with Gasteiger partial charge in [-0.1, -0.05) is 35.7 Å². The molecule has 0 heterocycles. The van der Waals surface area contributed by atoms with E-state index in [4.69, 9.17) is 0 Å². The maximum absolute atomic E-state index is 9.96. The Bertz CT molecular complexity index is 63.5. The highest BCUT2D eigenvalue weighted by atomic mass is 79.9. The van der Waals surface area contributed by atoms with Crippen molar-refractivity contribution in [3.8, 4) is 0 Å². The molecule has 48 valence electrons. The van der Waals surface area contributed by atoms with E-state index in [2.05, 4.69) is 22.9 Å². The van der Waals surface area contributed by atoms with Crippen molar-refractivity contribution in [1.29, 1.82) is 0 Å². The zero-order valence-corrected chi connectivity index (χ0v) is 6.65. The van der Waals surface area contributed by atoms with Gasteiger partial charge in [0.2, 0.25) is 0 Å². The number of halogens is 1. The van der Waals surface area contributed by atoms with Crippen molar-refractivity contribution in [2.24, 2.45) is 0 Å². The van der Waals surface area contributed by atoms with E-state index >= 15 is 0 Å². The van der Waals surface area contributed by atoms with Gasteiger partial charge in [0.15, 0.2) is 0 Å². The fourth-order valence-electron chi connectivity index (χ4n) is 0.467. The number of carbonyl (C=O) groups excluding carboxylic acids is 1. The summed E-state index contributed by atoms with van der Waals surface area (Å²) in [5.74, 6) is 0. The maximum Gasteiger partial charge on any atom is 0.133 e. The summed E-state index contributed by atoms with van der Waals surface area (Å²) in [6.45, 7) is 2.12. The Hall–Kier alpha value is 0.150. The molecule has 0 amide bonds. The average Bonchev–Trinajstić information content (AvgIpc) is 1.83. The molecule has 0 radical (unpaired) electrons. The predicted molar refractivity (Wildman–Crippen MR) is 38.3 cm³/mol. The molecule has 0 N–H and O–H groups in total. The van der Waals surface area contributed by atoms with Crippen LogP contribution in [-0.2, 0) is 4.79 Å². The molecular formula is C6H11BrO. The summed E-state index contributed by atoms with van der Waals surface area (Å²) in [5, 5.41) is 0. The molecule has 0 aromatic heterocycles. The minimum Gasteiger partial charge on any atom is -0.302 e. The highest BCUT2D eigenvalue weighted by Gasteiger charge is 1.97. The van der Waals surface area contributed by atoms with Gasteiger partial charge in [0, 0.05) is 0 Å². The highest BCUT2D eigenvalue weighted by molar-refractivity contribution is 9.09. The van der Waals surface area contributed by atoms with Crippen molar-refractivity contribution in [2.45, 2.75) is 31.0 Å². The largest absolute Gasteiger partial charge is 0.302 e. The second-order valence-electron chi connectivity index (χ2n) is 1.79. The summed E-state index contributed by atoms with van der Waals surface area (Å²) in [6.07, 6.45) is 4.21. The van der Waals surface area contributed by atoms with Crippen molar-refractivity contribution in [3.63, 3.8) is 0 Å². The molecule has 2 heteroatoms. The maximum atomic E-state index is 9.96. The smallest absolute Gasteiger partial charge is 0.133 e. The number of carbonyl (C=O) groups is 1. The average molecular weight is 179 g/mol. The minimum absolute atomic E-state index is 0.0856. The van der Waals surface area contributed by atoms with Gasteiger partial charge in [-0.15, -0.1) is 0 Å². The first-order valence-corrected chi connectivity index (χ1v) is 3.82. The lowest BCUT2D eigenvalue weighted by Gasteiger charge is -1.96. The molecule has 1 nitrogen and oxygen atoms in total. The van der Waals surface area contributed by atoms with Crippen LogP contribution in [0.1, 0.15) is 26.2 Å². The Morgan fingerprint density at radius 2 is 2.38 bits per heavy atom. The van der Waals surface area contributed by atoms with Crippen LogP contribution in [0, 0.1) is 0 Å². The first-order valence-electron chi connectivity index (χ1n) is 2.90. The first-order chi connectivity index (χ1) is 3.81. The summed E-state index contributed by atoms with van der Waals surface area (Å²) < 4.78 is 0. The van der Waals surface area contributed by atoms with Crippen molar-refractivity contribution >= 4 is 22.2 Å². The number of hydrogen-bond donors (Lipinski definition) is 0. The lowest BCUT2D eigenvalue weighted by Crippen LogP contribution is -1.96. The molecule has 0 aliphatic heterocycles. The normalized spacial score (nSPS) is 13.2. The van der Waals surface area contributed by atoms with Crippen LogP contribution in [-0.4, -0.2) is 11.1 Å². The molecule has 0 aromatic rings. The Morgan fingerprint density at radius 1 is 1.75 bits per heavy atom. The van der Waals surface area contributed by atoms with Crippen molar-refractivity contribution in [2.75, 3.05) is 0 Å². The molecule has 0 aliphatic carbocycles. The minimum atomic E-state index is 0.0856. The third-order valence-electron chi connectivity index (χ3n) is 0.981. The number of rotatable bonds is 4. The number of unbranched alkanes of at least 4 members (excludes halogenated alkanes) is 1. The Kier molecular flexibility index (Phi) is 5.39. The van der Waals surface area contributed by atoms with Gasteiger partial charge in [-0.05, 0) is 6.42 Å². The summed E-state index contributed by atoms with van der Waals surface area (Å²) in [6, 6.07) is 0. The first kappa shape index (κ1) is 8.15. The topological polar surface area (TPSA) is 17.1 Å². The van der Waals surface area contributed by atoms with Crippen LogP contribution < -0.4 is 0 Å². The number of hydrogen-bond acceptors (Lipinski definition) is 1. The summed E-state index contributed by atoms with van der Waals surface area (Å²) in [7, 11) is 0. The van der Waals surface area contributed by atoms with Gasteiger partial charge in [-0.3, -0.25) is 0 Å². The van der Waals surface area contributed by atoms with Crippen molar-refractivity contribution in [1.82, 2.24) is 0 Å².